The van der Waals surface area contributed by atoms with E-state index in [-0.39, 0.29) is 12.3 Å². The molecule has 0 bridgehead atoms. The molecule has 2 amide bonds. The molecule has 1 fully saturated rings. The van der Waals surface area contributed by atoms with Crippen LogP contribution in [0.4, 0.5) is 5.69 Å². The van der Waals surface area contributed by atoms with Gasteiger partial charge in [0, 0.05) is 13.1 Å². The third-order valence-electron chi connectivity index (χ3n) is 4.63. The van der Waals surface area contributed by atoms with E-state index >= 15 is 0 Å². The zero-order valence-electron chi connectivity index (χ0n) is 14.9. The molecule has 1 aromatic carbocycles. The van der Waals surface area contributed by atoms with Crippen LogP contribution in [0.25, 0.3) is 0 Å². The summed E-state index contributed by atoms with van der Waals surface area (Å²) in [7, 11) is 0. The van der Waals surface area contributed by atoms with Crippen LogP contribution in [-0.4, -0.2) is 48.0 Å². The van der Waals surface area contributed by atoms with Gasteiger partial charge in [-0.1, -0.05) is 25.0 Å². The molecule has 2 aliphatic heterocycles. The molecule has 2 heterocycles. The fraction of sp³-hybridized carbons (Fsp3) is 0.526. The lowest BCUT2D eigenvalue weighted by atomic mass is 10.1. The normalized spacial score (nSPS) is 20.9. The van der Waals surface area contributed by atoms with Crippen molar-refractivity contribution in [3.05, 3.63) is 24.3 Å². The molecule has 1 aromatic rings. The van der Waals surface area contributed by atoms with Crippen molar-refractivity contribution >= 4 is 23.5 Å². The van der Waals surface area contributed by atoms with Crippen molar-refractivity contribution in [2.24, 2.45) is 0 Å². The number of benzene rings is 1. The number of para-hydroxylation sites is 2. The van der Waals surface area contributed by atoms with Gasteiger partial charge in [0.05, 0.1) is 12.1 Å². The van der Waals surface area contributed by atoms with Gasteiger partial charge in [-0.15, -0.1) is 0 Å². The van der Waals surface area contributed by atoms with Crippen molar-refractivity contribution in [2.75, 3.05) is 18.4 Å². The molecule has 2 atom stereocenters. The van der Waals surface area contributed by atoms with Crippen molar-refractivity contribution in [1.29, 1.82) is 0 Å². The first-order valence-electron chi connectivity index (χ1n) is 9.09. The van der Waals surface area contributed by atoms with Crippen molar-refractivity contribution in [1.82, 2.24) is 4.90 Å². The average molecular weight is 360 g/mol. The number of likely N-dealkylation sites (tertiary alicyclic amines) is 1. The summed E-state index contributed by atoms with van der Waals surface area (Å²) in [5.74, 6) is -0.689. The molecule has 0 aliphatic carbocycles. The van der Waals surface area contributed by atoms with Crippen LogP contribution < -0.4 is 10.1 Å². The summed E-state index contributed by atoms with van der Waals surface area (Å²) in [5.41, 5.74) is 0.576. The first-order valence-corrected chi connectivity index (χ1v) is 9.09. The maximum atomic E-state index is 12.4. The summed E-state index contributed by atoms with van der Waals surface area (Å²) in [6.45, 7) is 2.97. The second-order valence-corrected chi connectivity index (χ2v) is 6.67. The van der Waals surface area contributed by atoms with Crippen molar-refractivity contribution in [3.8, 4) is 5.75 Å². The lowest BCUT2D eigenvalue weighted by Gasteiger charge is -2.26. The lowest BCUT2D eigenvalue weighted by Crippen LogP contribution is -2.42. The zero-order chi connectivity index (χ0) is 18.5. The summed E-state index contributed by atoms with van der Waals surface area (Å²) in [6.07, 6.45) is 2.13. The monoisotopic (exact) mass is 360 g/mol. The van der Waals surface area contributed by atoms with Crippen LogP contribution in [0.1, 0.15) is 39.0 Å². The topological polar surface area (TPSA) is 84.9 Å². The largest absolute Gasteiger partial charge is 0.478 e. The van der Waals surface area contributed by atoms with E-state index in [9.17, 15) is 14.4 Å². The number of esters is 1. The van der Waals surface area contributed by atoms with E-state index in [0.29, 0.717) is 24.5 Å². The fourth-order valence-electron chi connectivity index (χ4n) is 3.22. The molecule has 0 aromatic heterocycles. The number of hydrogen-bond donors (Lipinski definition) is 1. The van der Waals surface area contributed by atoms with Gasteiger partial charge in [0.1, 0.15) is 5.75 Å². The van der Waals surface area contributed by atoms with E-state index in [2.05, 4.69) is 5.32 Å². The van der Waals surface area contributed by atoms with Crippen LogP contribution in [0.3, 0.4) is 0 Å². The number of amides is 2. The Morgan fingerprint density at radius 2 is 1.92 bits per heavy atom. The van der Waals surface area contributed by atoms with Gasteiger partial charge in [0.25, 0.3) is 11.8 Å². The maximum absolute atomic E-state index is 12.4. The number of nitrogens with zero attached hydrogens (tertiary/aromatic N) is 1. The molecule has 1 saturated heterocycles. The molecule has 1 N–H and O–H groups in total. The highest BCUT2D eigenvalue weighted by molar-refractivity contribution is 5.99. The Labute approximate surface area is 152 Å². The molecule has 0 spiro atoms. The van der Waals surface area contributed by atoms with Crippen molar-refractivity contribution in [3.63, 3.8) is 0 Å². The van der Waals surface area contributed by atoms with E-state index in [1.807, 2.05) is 0 Å². The molecule has 140 valence electrons. The van der Waals surface area contributed by atoms with Gasteiger partial charge in [-0.2, -0.15) is 0 Å². The minimum Gasteiger partial charge on any atom is -0.478 e. The van der Waals surface area contributed by atoms with Gasteiger partial charge in [-0.25, -0.2) is 0 Å². The molecule has 0 radical (unpaired) electrons. The van der Waals surface area contributed by atoms with E-state index in [1.165, 1.54) is 0 Å². The Bertz CT molecular complexity index is 682. The highest BCUT2D eigenvalue weighted by Gasteiger charge is 2.32. The van der Waals surface area contributed by atoms with Crippen LogP contribution in [0.5, 0.6) is 5.75 Å². The lowest BCUT2D eigenvalue weighted by molar-refractivity contribution is -0.161. The van der Waals surface area contributed by atoms with Gasteiger partial charge < -0.3 is 19.7 Å². The predicted molar refractivity (Wildman–Crippen MR) is 94.7 cm³/mol. The Morgan fingerprint density at radius 3 is 2.65 bits per heavy atom. The quantitative estimate of drug-likeness (QED) is 0.832. The maximum Gasteiger partial charge on any atom is 0.310 e. The number of carbonyl (C=O) groups is 3. The van der Waals surface area contributed by atoms with Gasteiger partial charge in [0.15, 0.2) is 12.2 Å². The highest BCUT2D eigenvalue weighted by atomic mass is 16.6. The number of rotatable bonds is 4. The minimum atomic E-state index is -0.960. The third kappa shape index (κ3) is 4.33. The van der Waals surface area contributed by atoms with Crippen LogP contribution in [0.2, 0.25) is 0 Å². The highest BCUT2D eigenvalue weighted by Crippen LogP contribution is 2.29. The summed E-state index contributed by atoms with van der Waals surface area (Å²) < 4.78 is 10.8. The van der Waals surface area contributed by atoms with Crippen molar-refractivity contribution in [2.45, 2.75) is 51.2 Å². The summed E-state index contributed by atoms with van der Waals surface area (Å²) in [4.78, 5) is 38.5. The molecule has 3 rings (SSSR count). The molecule has 7 heteroatoms. The number of ether oxygens (including phenoxy) is 2. The Balaban J connectivity index is 1.53. The molecule has 2 aliphatic rings. The van der Waals surface area contributed by atoms with Crippen LogP contribution in [-0.2, 0) is 19.1 Å². The third-order valence-corrected chi connectivity index (χ3v) is 4.63. The summed E-state index contributed by atoms with van der Waals surface area (Å²) in [5, 5.41) is 2.70. The molecular formula is C19H24N2O5. The fourth-order valence-corrected chi connectivity index (χ4v) is 3.22. The Hall–Kier alpha value is -2.57. The SMILES string of the molecule is C[C@H](OC(=O)C[C@@H]1Oc2ccccc2NC1=O)C(=O)N1CCCCCC1. The molecule has 7 nitrogen and oxygen atoms in total. The zero-order valence-corrected chi connectivity index (χ0v) is 14.9. The van der Waals surface area contributed by atoms with Crippen LogP contribution in [0, 0.1) is 0 Å². The van der Waals surface area contributed by atoms with E-state index < -0.39 is 24.1 Å². The van der Waals surface area contributed by atoms with Gasteiger partial charge in [0.2, 0.25) is 0 Å². The van der Waals surface area contributed by atoms with Crippen molar-refractivity contribution < 1.29 is 23.9 Å². The number of nitrogens with one attached hydrogen (secondary N) is 1. The summed E-state index contributed by atoms with van der Waals surface area (Å²) >= 11 is 0. The average Bonchev–Trinajstić information content (AvgIpc) is 2.91. The van der Waals surface area contributed by atoms with E-state index in [1.54, 1.807) is 36.1 Å². The molecule has 0 saturated carbocycles. The Kier molecular flexibility index (Phi) is 5.75. The molecule has 26 heavy (non-hydrogen) atoms. The number of fused-ring (bicyclic) bond motifs is 1. The standard InChI is InChI=1S/C19H24N2O5/c1-13(19(24)21-10-6-2-3-7-11-21)25-17(22)12-16-18(23)20-14-8-4-5-9-15(14)26-16/h4-5,8-9,13,16H,2-3,6-7,10-12H2,1H3,(H,20,23)/t13-,16-/m0/s1. The number of carbonyl (C=O) groups excluding carboxylic acids is 3. The van der Waals surface area contributed by atoms with Crippen LogP contribution >= 0.6 is 0 Å². The first-order chi connectivity index (χ1) is 12.5. The van der Waals surface area contributed by atoms with Gasteiger partial charge in [-0.3, -0.25) is 14.4 Å². The Morgan fingerprint density at radius 1 is 1.23 bits per heavy atom. The summed E-state index contributed by atoms with van der Waals surface area (Å²) in [6, 6.07) is 7.02. The molecule has 0 unspecified atom stereocenters. The van der Waals surface area contributed by atoms with Crippen LogP contribution in [0.15, 0.2) is 24.3 Å². The minimum absolute atomic E-state index is 0.181. The van der Waals surface area contributed by atoms with Gasteiger partial charge in [-0.05, 0) is 31.9 Å². The predicted octanol–water partition coefficient (Wildman–Crippen LogP) is 2.11. The molecular weight excluding hydrogens is 336 g/mol. The van der Waals surface area contributed by atoms with E-state index in [4.69, 9.17) is 9.47 Å². The van der Waals surface area contributed by atoms with Gasteiger partial charge >= 0.3 is 5.97 Å². The van der Waals surface area contributed by atoms with E-state index in [0.717, 1.165) is 25.7 Å². The number of hydrogen-bond acceptors (Lipinski definition) is 5. The second kappa shape index (κ2) is 8.21. The first kappa shape index (κ1) is 18.2. The second-order valence-electron chi connectivity index (χ2n) is 6.67. The smallest absolute Gasteiger partial charge is 0.310 e. The number of anilines is 1.